The van der Waals surface area contributed by atoms with Crippen molar-refractivity contribution in [2.75, 3.05) is 26.2 Å². The second kappa shape index (κ2) is 5.79. The van der Waals surface area contributed by atoms with Crippen LogP contribution < -0.4 is 4.72 Å². The molecular formula is C10H18N4O3S. The zero-order valence-corrected chi connectivity index (χ0v) is 10.9. The number of nitrogens with zero attached hydrogens (tertiary/aromatic N) is 2. The van der Waals surface area contributed by atoms with E-state index in [1.807, 2.05) is 0 Å². The van der Waals surface area contributed by atoms with Crippen molar-refractivity contribution in [2.24, 2.45) is 0 Å². The molecule has 1 aromatic rings. The van der Waals surface area contributed by atoms with Crippen LogP contribution in [0.25, 0.3) is 0 Å². The van der Waals surface area contributed by atoms with E-state index in [1.54, 1.807) is 0 Å². The van der Waals surface area contributed by atoms with Gasteiger partial charge in [0.2, 0.25) is 0 Å². The molecule has 1 aliphatic heterocycles. The molecule has 0 unspecified atom stereocenters. The highest BCUT2D eigenvalue weighted by Gasteiger charge is 2.20. The van der Waals surface area contributed by atoms with Gasteiger partial charge in [0.15, 0.2) is 5.03 Å². The van der Waals surface area contributed by atoms with Crippen molar-refractivity contribution in [1.82, 2.24) is 19.8 Å². The molecule has 0 aliphatic carbocycles. The van der Waals surface area contributed by atoms with Gasteiger partial charge < -0.3 is 10.0 Å². The Morgan fingerprint density at radius 3 is 2.83 bits per heavy atom. The molecule has 1 aromatic heterocycles. The van der Waals surface area contributed by atoms with Gasteiger partial charge in [0.1, 0.15) is 0 Å². The maximum absolute atomic E-state index is 11.9. The number of sulfonamides is 1. The third-order valence-corrected chi connectivity index (χ3v) is 4.51. The Morgan fingerprint density at radius 2 is 2.17 bits per heavy atom. The fourth-order valence-electron chi connectivity index (χ4n) is 2.06. The Bertz CT molecular complexity index is 479. The molecular weight excluding hydrogens is 256 g/mol. The number of likely N-dealkylation sites (tertiary alicyclic amines) is 1. The summed E-state index contributed by atoms with van der Waals surface area (Å²) in [4.78, 5) is 2.22. The van der Waals surface area contributed by atoms with Crippen molar-refractivity contribution >= 4 is 10.0 Å². The molecule has 7 nitrogen and oxygen atoms in total. The number of H-pyrrole nitrogens is 1. The first-order chi connectivity index (χ1) is 8.63. The molecule has 0 bridgehead atoms. The van der Waals surface area contributed by atoms with Gasteiger partial charge in [-0.25, -0.2) is 13.1 Å². The largest absolute Gasteiger partial charge is 0.392 e. The van der Waals surface area contributed by atoms with Crippen molar-refractivity contribution in [2.45, 2.75) is 24.5 Å². The van der Waals surface area contributed by atoms with Gasteiger partial charge in [-0.1, -0.05) is 0 Å². The highest BCUT2D eigenvalue weighted by molar-refractivity contribution is 7.89. The molecule has 2 heterocycles. The van der Waals surface area contributed by atoms with Gasteiger partial charge in [-0.05, 0) is 25.9 Å². The van der Waals surface area contributed by atoms with E-state index in [2.05, 4.69) is 19.8 Å². The molecule has 2 rings (SSSR count). The first kappa shape index (κ1) is 13.5. The lowest BCUT2D eigenvalue weighted by Gasteiger charge is -2.14. The summed E-state index contributed by atoms with van der Waals surface area (Å²) >= 11 is 0. The van der Waals surface area contributed by atoms with Crippen LogP contribution >= 0.6 is 0 Å². The highest BCUT2D eigenvalue weighted by atomic mass is 32.2. The topological polar surface area (TPSA) is 98.3 Å². The van der Waals surface area contributed by atoms with Crippen LogP contribution in [0.3, 0.4) is 0 Å². The molecule has 3 N–H and O–H groups in total. The van der Waals surface area contributed by atoms with Gasteiger partial charge in [0, 0.05) is 18.7 Å². The van der Waals surface area contributed by atoms with Crippen LogP contribution in [0.15, 0.2) is 11.2 Å². The van der Waals surface area contributed by atoms with Crippen LogP contribution in [0.4, 0.5) is 0 Å². The predicted molar refractivity (Wildman–Crippen MR) is 65.4 cm³/mol. The fourth-order valence-corrected chi connectivity index (χ4v) is 3.20. The molecule has 0 radical (unpaired) electrons. The minimum Gasteiger partial charge on any atom is -0.392 e. The van der Waals surface area contributed by atoms with Gasteiger partial charge in [-0.3, -0.25) is 5.10 Å². The van der Waals surface area contributed by atoms with E-state index in [0.717, 1.165) is 13.1 Å². The Hall–Kier alpha value is -0.960. The molecule has 0 saturated carbocycles. The zero-order chi connectivity index (χ0) is 13.0. The predicted octanol–water partition coefficient (Wildman–Crippen LogP) is -0.724. The van der Waals surface area contributed by atoms with Crippen LogP contribution in [-0.2, 0) is 16.6 Å². The molecule has 1 saturated heterocycles. The average Bonchev–Trinajstić information content (AvgIpc) is 2.99. The SMILES string of the molecule is O=S(=O)(NCCN1CCCC1)c1[nH]ncc1CO. The van der Waals surface area contributed by atoms with Gasteiger partial charge in [-0.15, -0.1) is 0 Å². The Labute approximate surface area is 106 Å². The maximum Gasteiger partial charge on any atom is 0.257 e. The Kier molecular flexibility index (Phi) is 4.33. The van der Waals surface area contributed by atoms with Crippen molar-refractivity contribution in [3.8, 4) is 0 Å². The summed E-state index contributed by atoms with van der Waals surface area (Å²) in [6, 6.07) is 0. The lowest BCUT2D eigenvalue weighted by Crippen LogP contribution is -2.34. The monoisotopic (exact) mass is 274 g/mol. The van der Waals surface area contributed by atoms with Crippen LogP contribution in [0.2, 0.25) is 0 Å². The molecule has 18 heavy (non-hydrogen) atoms. The second-order valence-corrected chi connectivity index (χ2v) is 6.03. The third-order valence-electron chi connectivity index (χ3n) is 3.04. The van der Waals surface area contributed by atoms with Crippen LogP contribution in [-0.4, -0.2) is 54.8 Å². The number of hydrogen-bond donors (Lipinski definition) is 3. The van der Waals surface area contributed by atoms with E-state index >= 15 is 0 Å². The molecule has 8 heteroatoms. The average molecular weight is 274 g/mol. The summed E-state index contributed by atoms with van der Waals surface area (Å²) in [7, 11) is -3.61. The summed E-state index contributed by atoms with van der Waals surface area (Å²) in [6.45, 7) is 2.80. The first-order valence-corrected chi connectivity index (χ1v) is 7.47. The number of hydrogen-bond acceptors (Lipinski definition) is 5. The van der Waals surface area contributed by atoms with Crippen molar-refractivity contribution in [1.29, 1.82) is 0 Å². The lowest BCUT2D eigenvalue weighted by atomic mass is 10.4. The van der Waals surface area contributed by atoms with Crippen molar-refractivity contribution < 1.29 is 13.5 Å². The first-order valence-electron chi connectivity index (χ1n) is 5.98. The molecule has 0 spiro atoms. The summed E-state index contributed by atoms with van der Waals surface area (Å²) in [5.74, 6) is 0. The van der Waals surface area contributed by atoms with Crippen molar-refractivity contribution in [3.63, 3.8) is 0 Å². The molecule has 1 aliphatic rings. The van der Waals surface area contributed by atoms with Crippen LogP contribution in [0.5, 0.6) is 0 Å². The van der Waals surface area contributed by atoms with E-state index in [4.69, 9.17) is 5.11 Å². The third kappa shape index (κ3) is 3.08. The summed E-state index contributed by atoms with van der Waals surface area (Å²) in [5.41, 5.74) is 0.281. The standard InChI is InChI=1S/C10H18N4O3S/c15-8-9-7-11-13-10(9)18(16,17)12-3-6-14-4-1-2-5-14/h7,12,15H,1-6,8H2,(H,11,13). The number of aromatic amines is 1. The minimum atomic E-state index is -3.61. The summed E-state index contributed by atoms with van der Waals surface area (Å²) < 4.78 is 26.4. The molecule has 0 atom stereocenters. The number of aliphatic hydroxyl groups is 1. The molecule has 0 amide bonds. The quantitative estimate of drug-likeness (QED) is 0.635. The van der Waals surface area contributed by atoms with E-state index in [-0.39, 0.29) is 17.2 Å². The number of aliphatic hydroxyl groups excluding tert-OH is 1. The molecule has 0 aromatic carbocycles. The Morgan fingerprint density at radius 1 is 1.44 bits per heavy atom. The lowest BCUT2D eigenvalue weighted by molar-refractivity contribution is 0.278. The van der Waals surface area contributed by atoms with Crippen LogP contribution in [0.1, 0.15) is 18.4 Å². The van der Waals surface area contributed by atoms with E-state index in [0.29, 0.717) is 13.1 Å². The summed E-state index contributed by atoms with van der Waals surface area (Å²) in [6.07, 6.45) is 3.68. The number of rotatable bonds is 6. The fraction of sp³-hybridized carbons (Fsp3) is 0.700. The number of aromatic nitrogens is 2. The zero-order valence-electron chi connectivity index (χ0n) is 10.1. The van der Waals surface area contributed by atoms with Gasteiger partial charge in [0.25, 0.3) is 10.0 Å². The minimum absolute atomic E-state index is 0.0496. The number of nitrogens with one attached hydrogen (secondary N) is 2. The van der Waals surface area contributed by atoms with Gasteiger partial charge >= 0.3 is 0 Å². The summed E-state index contributed by atoms with van der Waals surface area (Å²) in [5, 5.41) is 15.0. The van der Waals surface area contributed by atoms with Gasteiger partial charge in [0.05, 0.1) is 12.8 Å². The normalized spacial score (nSPS) is 17.4. The Balaban J connectivity index is 1.91. The molecule has 1 fully saturated rings. The maximum atomic E-state index is 11.9. The van der Waals surface area contributed by atoms with Crippen molar-refractivity contribution in [3.05, 3.63) is 11.8 Å². The highest BCUT2D eigenvalue weighted by Crippen LogP contribution is 2.11. The van der Waals surface area contributed by atoms with E-state index in [9.17, 15) is 8.42 Å². The second-order valence-electron chi connectivity index (χ2n) is 4.33. The molecule has 102 valence electrons. The van der Waals surface area contributed by atoms with E-state index in [1.165, 1.54) is 19.0 Å². The smallest absolute Gasteiger partial charge is 0.257 e. The van der Waals surface area contributed by atoms with E-state index < -0.39 is 10.0 Å². The van der Waals surface area contributed by atoms with Gasteiger partial charge in [-0.2, -0.15) is 5.10 Å². The van der Waals surface area contributed by atoms with Crippen LogP contribution in [0, 0.1) is 0 Å².